The van der Waals surface area contributed by atoms with Gasteiger partial charge in [-0.3, -0.25) is 0 Å². The van der Waals surface area contributed by atoms with E-state index in [1.807, 2.05) is 0 Å². The molecule has 0 radical (unpaired) electrons. The summed E-state index contributed by atoms with van der Waals surface area (Å²) >= 11 is 12.0. The van der Waals surface area contributed by atoms with E-state index in [4.69, 9.17) is 33.5 Å². The molecule has 1 fully saturated rings. The lowest BCUT2D eigenvalue weighted by molar-refractivity contribution is 0.220. The van der Waals surface area contributed by atoms with Crippen molar-refractivity contribution in [3.05, 3.63) is 28.2 Å². The minimum Gasteiger partial charge on any atom is -0.338 e. The summed E-state index contributed by atoms with van der Waals surface area (Å²) in [6.07, 6.45) is 6.97. The second-order valence-electron chi connectivity index (χ2n) is 5.45. The Balaban J connectivity index is 1.95. The molecular weight excluding hydrogens is 311 g/mol. The number of nitrogens with zero attached hydrogens (tertiary/aromatic N) is 3. The van der Waals surface area contributed by atoms with Crippen molar-refractivity contribution >= 4 is 23.2 Å². The van der Waals surface area contributed by atoms with Gasteiger partial charge in [-0.25, -0.2) is 4.98 Å². The minimum atomic E-state index is -0.206. The number of hydrogen-bond acceptors (Lipinski definition) is 5. The molecule has 0 aliphatic heterocycles. The van der Waals surface area contributed by atoms with E-state index >= 15 is 0 Å². The summed E-state index contributed by atoms with van der Waals surface area (Å²) in [5.74, 6) is 0.970. The first-order valence-electron chi connectivity index (χ1n) is 7.00. The molecule has 2 heterocycles. The third-order valence-electron chi connectivity index (χ3n) is 4.10. The van der Waals surface area contributed by atoms with Crippen molar-refractivity contribution in [1.29, 1.82) is 0 Å². The number of pyridine rings is 1. The molecule has 0 atom stereocenters. The first kappa shape index (κ1) is 14.8. The Bertz CT molecular complexity index is 638. The highest BCUT2D eigenvalue weighted by Crippen LogP contribution is 2.38. The number of aromatic nitrogens is 3. The zero-order valence-electron chi connectivity index (χ0n) is 11.5. The Hall–Kier alpha value is -1.17. The number of halogens is 2. The molecule has 0 aromatic carbocycles. The summed E-state index contributed by atoms with van der Waals surface area (Å²) in [5, 5.41) is 4.89. The second-order valence-corrected chi connectivity index (χ2v) is 6.30. The van der Waals surface area contributed by atoms with Crippen LogP contribution in [0.25, 0.3) is 11.5 Å². The van der Waals surface area contributed by atoms with E-state index in [2.05, 4.69) is 15.1 Å². The van der Waals surface area contributed by atoms with Crippen LogP contribution >= 0.6 is 23.2 Å². The van der Waals surface area contributed by atoms with Crippen LogP contribution in [0.2, 0.25) is 10.0 Å². The number of rotatable bonds is 3. The molecule has 0 spiro atoms. The van der Waals surface area contributed by atoms with Crippen molar-refractivity contribution in [2.75, 3.05) is 6.54 Å². The van der Waals surface area contributed by atoms with Crippen LogP contribution in [0.1, 0.15) is 38.0 Å². The van der Waals surface area contributed by atoms with E-state index in [0.29, 0.717) is 34.0 Å². The lowest BCUT2D eigenvalue weighted by Gasteiger charge is -2.32. The average molecular weight is 327 g/mol. The molecule has 5 nitrogen and oxygen atoms in total. The highest BCUT2D eigenvalue weighted by atomic mass is 35.5. The molecule has 0 saturated heterocycles. The third kappa shape index (κ3) is 2.78. The largest absolute Gasteiger partial charge is 0.338 e. The Morgan fingerprint density at radius 1 is 1.24 bits per heavy atom. The van der Waals surface area contributed by atoms with Crippen LogP contribution < -0.4 is 5.73 Å². The summed E-state index contributed by atoms with van der Waals surface area (Å²) in [6.45, 7) is 0.510. The van der Waals surface area contributed by atoms with Gasteiger partial charge >= 0.3 is 0 Å². The molecule has 0 amide bonds. The van der Waals surface area contributed by atoms with Crippen LogP contribution in [0.15, 0.2) is 16.8 Å². The molecule has 1 aliphatic carbocycles. The van der Waals surface area contributed by atoms with Crippen molar-refractivity contribution in [2.24, 2.45) is 5.73 Å². The van der Waals surface area contributed by atoms with Crippen LogP contribution in [0.5, 0.6) is 0 Å². The maximum Gasteiger partial charge on any atom is 0.234 e. The van der Waals surface area contributed by atoms with Crippen LogP contribution in [0, 0.1) is 0 Å². The van der Waals surface area contributed by atoms with Crippen molar-refractivity contribution in [3.63, 3.8) is 0 Å². The van der Waals surface area contributed by atoms with Gasteiger partial charge in [0.25, 0.3) is 0 Å². The van der Waals surface area contributed by atoms with E-state index in [1.165, 1.54) is 12.6 Å². The SMILES string of the molecule is NCC1(c2nc(-c3ncc(Cl)cc3Cl)no2)CCCCC1. The predicted molar refractivity (Wildman–Crippen MR) is 81.4 cm³/mol. The molecule has 21 heavy (non-hydrogen) atoms. The van der Waals surface area contributed by atoms with Gasteiger partial charge in [-0.15, -0.1) is 0 Å². The van der Waals surface area contributed by atoms with Crippen LogP contribution in [0.3, 0.4) is 0 Å². The van der Waals surface area contributed by atoms with Gasteiger partial charge in [0.1, 0.15) is 5.69 Å². The summed E-state index contributed by atoms with van der Waals surface area (Å²) in [6, 6.07) is 1.61. The number of nitrogens with two attached hydrogens (primary N) is 1. The molecule has 2 aromatic heterocycles. The monoisotopic (exact) mass is 326 g/mol. The van der Waals surface area contributed by atoms with E-state index in [-0.39, 0.29) is 5.41 Å². The maximum atomic E-state index is 6.13. The Morgan fingerprint density at radius 3 is 2.67 bits per heavy atom. The molecule has 7 heteroatoms. The summed E-state index contributed by atoms with van der Waals surface area (Å²) in [7, 11) is 0. The van der Waals surface area contributed by atoms with E-state index in [1.54, 1.807) is 6.07 Å². The average Bonchev–Trinajstić information content (AvgIpc) is 2.98. The highest BCUT2D eigenvalue weighted by Gasteiger charge is 2.38. The fourth-order valence-corrected chi connectivity index (χ4v) is 3.31. The van der Waals surface area contributed by atoms with Crippen molar-refractivity contribution in [2.45, 2.75) is 37.5 Å². The fraction of sp³-hybridized carbons (Fsp3) is 0.500. The summed E-state index contributed by atoms with van der Waals surface area (Å²) in [5.41, 5.74) is 6.25. The number of hydrogen-bond donors (Lipinski definition) is 1. The second kappa shape index (κ2) is 5.91. The normalized spacial score (nSPS) is 17.9. The quantitative estimate of drug-likeness (QED) is 0.932. The van der Waals surface area contributed by atoms with Crippen molar-refractivity contribution < 1.29 is 4.52 Å². The van der Waals surface area contributed by atoms with Crippen LogP contribution in [-0.4, -0.2) is 21.7 Å². The molecule has 1 saturated carbocycles. The van der Waals surface area contributed by atoms with Gasteiger partial charge < -0.3 is 10.3 Å². The Labute approximate surface area is 132 Å². The van der Waals surface area contributed by atoms with Gasteiger partial charge in [-0.2, -0.15) is 4.98 Å². The molecular formula is C14H16Cl2N4O. The van der Waals surface area contributed by atoms with Gasteiger partial charge in [0.15, 0.2) is 0 Å². The highest BCUT2D eigenvalue weighted by molar-refractivity contribution is 6.35. The summed E-state index contributed by atoms with van der Waals surface area (Å²) < 4.78 is 5.47. The lowest BCUT2D eigenvalue weighted by atomic mass is 9.74. The fourth-order valence-electron chi connectivity index (χ4n) is 2.85. The van der Waals surface area contributed by atoms with E-state index in [0.717, 1.165) is 25.7 Å². The zero-order chi connectivity index (χ0) is 14.9. The minimum absolute atomic E-state index is 0.206. The van der Waals surface area contributed by atoms with Crippen LogP contribution in [0.4, 0.5) is 0 Å². The molecule has 0 bridgehead atoms. The topological polar surface area (TPSA) is 77.8 Å². The van der Waals surface area contributed by atoms with Gasteiger partial charge in [-0.1, -0.05) is 47.6 Å². The van der Waals surface area contributed by atoms with E-state index < -0.39 is 0 Å². The molecule has 0 unspecified atom stereocenters. The van der Waals surface area contributed by atoms with Gasteiger partial charge in [-0.05, 0) is 18.9 Å². The maximum absolute atomic E-state index is 6.13. The van der Waals surface area contributed by atoms with Gasteiger partial charge in [0, 0.05) is 12.7 Å². The molecule has 112 valence electrons. The molecule has 2 aromatic rings. The Kier molecular flexibility index (Phi) is 4.15. The lowest BCUT2D eigenvalue weighted by Crippen LogP contribution is -2.37. The van der Waals surface area contributed by atoms with Crippen LogP contribution in [-0.2, 0) is 5.41 Å². The van der Waals surface area contributed by atoms with Crippen molar-refractivity contribution in [3.8, 4) is 11.5 Å². The first-order valence-corrected chi connectivity index (χ1v) is 7.76. The van der Waals surface area contributed by atoms with Crippen molar-refractivity contribution in [1.82, 2.24) is 15.1 Å². The predicted octanol–water partition coefficient (Wildman–Crippen LogP) is 3.60. The van der Waals surface area contributed by atoms with E-state index in [9.17, 15) is 0 Å². The van der Waals surface area contributed by atoms with Gasteiger partial charge in [0.05, 0.1) is 15.5 Å². The smallest absolute Gasteiger partial charge is 0.234 e. The Morgan fingerprint density at radius 2 is 2.00 bits per heavy atom. The first-order chi connectivity index (χ1) is 10.1. The molecule has 3 rings (SSSR count). The molecule has 2 N–H and O–H groups in total. The standard InChI is InChI=1S/C14H16Cl2N4O/c15-9-6-10(16)11(18-7-9)12-19-13(21-20-12)14(8-17)4-2-1-3-5-14/h6-7H,1-5,8,17H2. The third-order valence-corrected chi connectivity index (χ3v) is 4.60. The zero-order valence-corrected chi connectivity index (χ0v) is 13.0. The van der Waals surface area contributed by atoms with Gasteiger partial charge in [0.2, 0.25) is 11.7 Å². The molecule has 1 aliphatic rings. The summed E-state index contributed by atoms with van der Waals surface area (Å²) in [4.78, 5) is 8.66.